The molecule has 1 aliphatic carbocycles. The third-order valence-electron chi connectivity index (χ3n) is 4.07. The van der Waals surface area contributed by atoms with E-state index in [1.165, 1.54) is 38.5 Å². The van der Waals surface area contributed by atoms with Crippen LogP contribution >= 0.6 is 0 Å². The predicted molar refractivity (Wildman–Crippen MR) is 79.7 cm³/mol. The largest absolute Gasteiger partial charge is 0.478 e. The van der Waals surface area contributed by atoms with Crippen LogP contribution in [-0.2, 0) is 0 Å². The van der Waals surface area contributed by atoms with Gasteiger partial charge in [-0.05, 0) is 38.2 Å². The first-order chi connectivity index (χ1) is 9.31. The SMILES string of the molecule is CCOc1ccc(NC2CCCC(CC)CC2)cn1. The lowest BCUT2D eigenvalue weighted by molar-refractivity contribution is 0.327. The summed E-state index contributed by atoms with van der Waals surface area (Å²) in [5.41, 5.74) is 1.11. The molecule has 2 atom stereocenters. The number of rotatable bonds is 5. The summed E-state index contributed by atoms with van der Waals surface area (Å²) >= 11 is 0. The number of ether oxygens (including phenoxy) is 1. The minimum Gasteiger partial charge on any atom is -0.478 e. The lowest BCUT2D eigenvalue weighted by Crippen LogP contribution is -2.18. The molecule has 106 valence electrons. The van der Waals surface area contributed by atoms with E-state index in [1.807, 2.05) is 19.2 Å². The third kappa shape index (κ3) is 4.41. The van der Waals surface area contributed by atoms with Crippen LogP contribution in [0.3, 0.4) is 0 Å². The van der Waals surface area contributed by atoms with E-state index >= 15 is 0 Å². The standard InChI is InChI=1S/C16H26N2O/c1-3-13-6-5-7-14(9-8-13)18-15-10-11-16(17-12-15)19-4-2/h10-14,18H,3-9H2,1-2H3. The Balaban J connectivity index is 1.86. The molecule has 3 heteroatoms. The van der Waals surface area contributed by atoms with Crippen molar-refractivity contribution in [3.05, 3.63) is 18.3 Å². The Kier molecular flexibility index (Phi) is 5.49. The number of hydrogen-bond donors (Lipinski definition) is 1. The van der Waals surface area contributed by atoms with E-state index in [0.29, 0.717) is 18.5 Å². The first-order valence-electron chi connectivity index (χ1n) is 7.67. The molecule has 1 aromatic heterocycles. The van der Waals surface area contributed by atoms with E-state index in [-0.39, 0.29) is 0 Å². The number of anilines is 1. The molecule has 0 aromatic carbocycles. The van der Waals surface area contributed by atoms with Crippen molar-refractivity contribution in [1.29, 1.82) is 0 Å². The molecule has 1 fully saturated rings. The fourth-order valence-electron chi connectivity index (χ4n) is 2.87. The van der Waals surface area contributed by atoms with Crippen LogP contribution in [0.25, 0.3) is 0 Å². The van der Waals surface area contributed by atoms with Crippen molar-refractivity contribution in [3.63, 3.8) is 0 Å². The van der Waals surface area contributed by atoms with Gasteiger partial charge >= 0.3 is 0 Å². The zero-order chi connectivity index (χ0) is 13.5. The minimum absolute atomic E-state index is 0.608. The second-order valence-corrected chi connectivity index (χ2v) is 5.44. The van der Waals surface area contributed by atoms with Crippen molar-refractivity contribution in [1.82, 2.24) is 4.98 Å². The number of hydrogen-bond acceptors (Lipinski definition) is 3. The van der Waals surface area contributed by atoms with Gasteiger partial charge in [-0.3, -0.25) is 0 Å². The van der Waals surface area contributed by atoms with E-state index in [4.69, 9.17) is 4.74 Å². The number of nitrogens with zero attached hydrogens (tertiary/aromatic N) is 1. The van der Waals surface area contributed by atoms with E-state index < -0.39 is 0 Å². The maximum atomic E-state index is 5.36. The zero-order valence-electron chi connectivity index (χ0n) is 12.2. The van der Waals surface area contributed by atoms with Gasteiger partial charge in [0.15, 0.2) is 0 Å². The summed E-state index contributed by atoms with van der Waals surface area (Å²) in [5, 5.41) is 3.62. The van der Waals surface area contributed by atoms with Gasteiger partial charge in [0.05, 0.1) is 18.5 Å². The van der Waals surface area contributed by atoms with E-state index in [9.17, 15) is 0 Å². The number of aromatic nitrogens is 1. The average molecular weight is 262 g/mol. The molecule has 0 radical (unpaired) electrons. The molecule has 1 heterocycles. The van der Waals surface area contributed by atoms with Crippen LogP contribution in [0.5, 0.6) is 5.88 Å². The molecule has 1 N–H and O–H groups in total. The molecule has 0 saturated heterocycles. The second-order valence-electron chi connectivity index (χ2n) is 5.44. The predicted octanol–water partition coefficient (Wildman–Crippen LogP) is 4.25. The van der Waals surface area contributed by atoms with Gasteiger partial charge < -0.3 is 10.1 Å². The molecule has 2 unspecified atom stereocenters. The second kappa shape index (κ2) is 7.37. The normalized spacial score (nSPS) is 23.7. The van der Waals surface area contributed by atoms with E-state index in [0.717, 1.165) is 11.6 Å². The van der Waals surface area contributed by atoms with Crippen LogP contribution < -0.4 is 10.1 Å². The highest BCUT2D eigenvalue weighted by atomic mass is 16.5. The van der Waals surface area contributed by atoms with Crippen LogP contribution in [0, 0.1) is 5.92 Å². The van der Waals surface area contributed by atoms with Crippen LogP contribution in [0.1, 0.15) is 52.4 Å². The van der Waals surface area contributed by atoms with Gasteiger partial charge in [0.25, 0.3) is 0 Å². The van der Waals surface area contributed by atoms with E-state index in [1.54, 1.807) is 0 Å². The van der Waals surface area contributed by atoms with Gasteiger partial charge in [0, 0.05) is 12.1 Å². The summed E-state index contributed by atoms with van der Waals surface area (Å²) in [6, 6.07) is 4.62. The molecular formula is C16H26N2O. The van der Waals surface area contributed by atoms with Gasteiger partial charge in [-0.2, -0.15) is 0 Å². The molecular weight excluding hydrogens is 236 g/mol. The molecule has 0 amide bonds. The average Bonchev–Trinajstić information content (AvgIpc) is 2.66. The fourth-order valence-corrected chi connectivity index (χ4v) is 2.87. The highest BCUT2D eigenvalue weighted by Gasteiger charge is 2.17. The Hall–Kier alpha value is -1.25. The summed E-state index contributed by atoms with van der Waals surface area (Å²) in [4.78, 5) is 4.30. The molecule has 3 nitrogen and oxygen atoms in total. The summed E-state index contributed by atoms with van der Waals surface area (Å²) in [6.07, 6.45) is 9.88. The molecule has 2 rings (SSSR count). The molecule has 1 aliphatic rings. The molecule has 19 heavy (non-hydrogen) atoms. The fraction of sp³-hybridized carbons (Fsp3) is 0.688. The molecule has 1 saturated carbocycles. The van der Waals surface area contributed by atoms with Gasteiger partial charge in [-0.25, -0.2) is 4.98 Å². The summed E-state index contributed by atoms with van der Waals surface area (Å²) in [7, 11) is 0. The zero-order valence-corrected chi connectivity index (χ0v) is 12.2. The Morgan fingerprint density at radius 3 is 2.79 bits per heavy atom. The maximum absolute atomic E-state index is 5.36. The van der Waals surface area contributed by atoms with Crippen molar-refractivity contribution in [3.8, 4) is 5.88 Å². The lowest BCUT2D eigenvalue weighted by Gasteiger charge is -2.18. The van der Waals surface area contributed by atoms with Crippen molar-refractivity contribution in [2.75, 3.05) is 11.9 Å². The van der Waals surface area contributed by atoms with Gasteiger partial charge in [-0.15, -0.1) is 0 Å². The summed E-state index contributed by atoms with van der Waals surface area (Å²) in [6.45, 7) is 4.96. The summed E-state index contributed by atoms with van der Waals surface area (Å²) < 4.78 is 5.36. The van der Waals surface area contributed by atoms with Gasteiger partial charge in [0.1, 0.15) is 0 Å². The number of pyridine rings is 1. The Bertz CT molecular complexity index is 364. The lowest BCUT2D eigenvalue weighted by atomic mass is 9.98. The van der Waals surface area contributed by atoms with Crippen LogP contribution in [0.15, 0.2) is 18.3 Å². The quantitative estimate of drug-likeness (QED) is 0.805. The monoisotopic (exact) mass is 262 g/mol. The molecule has 0 bridgehead atoms. The third-order valence-corrected chi connectivity index (χ3v) is 4.07. The minimum atomic E-state index is 0.608. The molecule has 1 aromatic rings. The first kappa shape index (κ1) is 14.2. The topological polar surface area (TPSA) is 34.1 Å². The number of nitrogens with one attached hydrogen (secondary N) is 1. The van der Waals surface area contributed by atoms with Crippen molar-refractivity contribution < 1.29 is 4.74 Å². The summed E-state index contributed by atoms with van der Waals surface area (Å²) in [5.74, 6) is 1.64. The van der Waals surface area contributed by atoms with Gasteiger partial charge in [0.2, 0.25) is 5.88 Å². The molecule has 0 aliphatic heterocycles. The van der Waals surface area contributed by atoms with Gasteiger partial charge in [-0.1, -0.05) is 26.2 Å². The highest BCUT2D eigenvalue weighted by molar-refractivity contribution is 5.43. The Labute approximate surface area is 116 Å². The van der Waals surface area contributed by atoms with Crippen molar-refractivity contribution >= 4 is 5.69 Å². The maximum Gasteiger partial charge on any atom is 0.213 e. The van der Waals surface area contributed by atoms with Crippen LogP contribution in [-0.4, -0.2) is 17.6 Å². The highest BCUT2D eigenvalue weighted by Crippen LogP contribution is 2.27. The first-order valence-corrected chi connectivity index (χ1v) is 7.67. The van der Waals surface area contributed by atoms with E-state index in [2.05, 4.69) is 23.3 Å². The smallest absolute Gasteiger partial charge is 0.213 e. The Morgan fingerprint density at radius 2 is 2.11 bits per heavy atom. The Morgan fingerprint density at radius 1 is 1.21 bits per heavy atom. The van der Waals surface area contributed by atoms with Crippen LogP contribution in [0.4, 0.5) is 5.69 Å². The van der Waals surface area contributed by atoms with Crippen molar-refractivity contribution in [2.45, 2.75) is 58.4 Å². The molecule has 0 spiro atoms. The van der Waals surface area contributed by atoms with Crippen molar-refractivity contribution in [2.24, 2.45) is 5.92 Å². The van der Waals surface area contributed by atoms with Crippen LogP contribution in [0.2, 0.25) is 0 Å².